The lowest BCUT2D eigenvalue weighted by molar-refractivity contribution is 0.0444. The van der Waals surface area contributed by atoms with E-state index < -0.39 is 12.3 Å². The molecule has 0 aromatic heterocycles. The Balaban J connectivity index is 2.82. The second-order valence-electron chi connectivity index (χ2n) is 3.49. The van der Waals surface area contributed by atoms with E-state index in [0.717, 1.165) is 0 Å². The molecule has 0 amide bonds. The van der Waals surface area contributed by atoms with Crippen molar-refractivity contribution in [3.8, 4) is 5.75 Å². The molecule has 0 aliphatic carbocycles. The molecule has 4 N–H and O–H groups in total. The zero-order valence-corrected chi connectivity index (χ0v) is 10.4. The van der Waals surface area contributed by atoms with Crippen molar-refractivity contribution < 1.29 is 14.6 Å². The largest absolute Gasteiger partial charge is 0.495 e. The first kappa shape index (κ1) is 13.8. The minimum atomic E-state index is -1.13. The highest BCUT2D eigenvalue weighted by atomic mass is 35.5. The summed E-state index contributed by atoms with van der Waals surface area (Å²) in [6.45, 7) is 1.58. The molecule has 1 aromatic carbocycles. The van der Waals surface area contributed by atoms with E-state index in [9.17, 15) is 0 Å². The quantitative estimate of drug-likeness (QED) is 0.432. The summed E-state index contributed by atoms with van der Waals surface area (Å²) in [7, 11) is 1.49. The van der Waals surface area contributed by atoms with Gasteiger partial charge < -0.3 is 20.3 Å². The molecule has 0 aliphatic rings. The van der Waals surface area contributed by atoms with E-state index in [4.69, 9.17) is 37.3 Å². The van der Waals surface area contributed by atoms with Gasteiger partial charge in [-0.1, -0.05) is 11.6 Å². The summed E-state index contributed by atoms with van der Waals surface area (Å²) in [5, 5.41) is 17.2. The Hall–Kier alpha value is -1.30. The van der Waals surface area contributed by atoms with Crippen LogP contribution in [0.5, 0.6) is 5.75 Å². The van der Waals surface area contributed by atoms with Crippen LogP contribution in [0.1, 0.15) is 12.5 Å². The number of aliphatic hydroxyl groups excluding tert-OH is 1. The standard InChI is InChI=1S/C11H15ClN2O3/c1-6(10(13)15)17-11(14)7-3-4-8(12)9(5-7)16-2/h3-6,10,14-15H,13H2,1-2H3. The van der Waals surface area contributed by atoms with Gasteiger partial charge in [0.25, 0.3) is 0 Å². The molecule has 1 aromatic rings. The van der Waals surface area contributed by atoms with Crippen LogP contribution in [0, 0.1) is 5.41 Å². The van der Waals surface area contributed by atoms with Gasteiger partial charge in [-0.05, 0) is 25.1 Å². The van der Waals surface area contributed by atoms with E-state index in [2.05, 4.69) is 0 Å². The summed E-state index contributed by atoms with van der Waals surface area (Å²) in [6.07, 6.45) is -1.80. The highest BCUT2D eigenvalue weighted by Gasteiger charge is 2.14. The third-order valence-electron chi connectivity index (χ3n) is 2.20. The SMILES string of the molecule is COc1cc(C(=N)OC(C)C(N)O)ccc1Cl. The van der Waals surface area contributed by atoms with E-state index in [1.165, 1.54) is 7.11 Å². The summed E-state index contributed by atoms with van der Waals surface area (Å²) < 4.78 is 10.2. The number of ether oxygens (including phenoxy) is 2. The van der Waals surface area contributed by atoms with Gasteiger partial charge in [-0.25, -0.2) is 0 Å². The number of nitrogens with two attached hydrogens (primary N) is 1. The fraction of sp³-hybridized carbons (Fsp3) is 0.364. The molecule has 0 heterocycles. The number of aliphatic hydroxyl groups is 1. The average molecular weight is 259 g/mol. The molecule has 0 bridgehead atoms. The highest BCUT2D eigenvalue weighted by Crippen LogP contribution is 2.25. The Bertz CT molecular complexity index is 410. The van der Waals surface area contributed by atoms with Gasteiger partial charge in [-0.15, -0.1) is 0 Å². The molecular weight excluding hydrogens is 244 g/mol. The number of rotatable bonds is 4. The van der Waals surface area contributed by atoms with Crippen LogP contribution < -0.4 is 10.5 Å². The highest BCUT2D eigenvalue weighted by molar-refractivity contribution is 6.32. The second kappa shape index (κ2) is 5.86. The van der Waals surface area contributed by atoms with Gasteiger partial charge in [-0.2, -0.15) is 0 Å². The molecular formula is C11H15ClN2O3. The van der Waals surface area contributed by atoms with Crippen molar-refractivity contribution in [3.05, 3.63) is 28.8 Å². The predicted molar refractivity (Wildman–Crippen MR) is 65.6 cm³/mol. The number of hydrogen-bond donors (Lipinski definition) is 3. The Morgan fingerprint density at radius 1 is 1.53 bits per heavy atom. The van der Waals surface area contributed by atoms with Crippen LogP contribution in [0.2, 0.25) is 5.02 Å². The Labute approximate surface area is 105 Å². The van der Waals surface area contributed by atoms with Crippen molar-refractivity contribution >= 4 is 17.5 Å². The molecule has 94 valence electrons. The molecule has 0 aliphatic heterocycles. The third kappa shape index (κ3) is 3.59. The zero-order chi connectivity index (χ0) is 13.0. The minimum Gasteiger partial charge on any atom is -0.495 e. The van der Waals surface area contributed by atoms with Crippen molar-refractivity contribution in [1.82, 2.24) is 0 Å². The molecule has 0 spiro atoms. The van der Waals surface area contributed by atoms with Gasteiger partial charge in [-0.3, -0.25) is 5.41 Å². The summed E-state index contributed by atoms with van der Waals surface area (Å²) in [5.74, 6) is 0.357. The first-order valence-electron chi connectivity index (χ1n) is 4.98. The lowest BCUT2D eigenvalue weighted by atomic mass is 10.2. The number of nitrogens with one attached hydrogen (secondary N) is 1. The monoisotopic (exact) mass is 258 g/mol. The van der Waals surface area contributed by atoms with Crippen LogP contribution in [-0.4, -0.2) is 30.4 Å². The molecule has 0 fully saturated rings. The number of hydrogen-bond acceptors (Lipinski definition) is 5. The van der Waals surface area contributed by atoms with Crippen LogP contribution in [0.25, 0.3) is 0 Å². The molecule has 1 rings (SSSR count). The maximum atomic E-state index is 9.07. The number of methoxy groups -OCH3 is 1. The molecule has 17 heavy (non-hydrogen) atoms. The van der Waals surface area contributed by atoms with Gasteiger partial charge in [0, 0.05) is 5.56 Å². The van der Waals surface area contributed by atoms with Crippen molar-refractivity contribution in [2.75, 3.05) is 7.11 Å². The van der Waals surface area contributed by atoms with Crippen LogP contribution >= 0.6 is 11.6 Å². The summed E-state index contributed by atoms with van der Waals surface area (Å²) in [6, 6.07) is 4.82. The minimum absolute atomic E-state index is 0.100. The van der Waals surface area contributed by atoms with E-state index in [-0.39, 0.29) is 5.90 Å². The Morgan fingerprint density at radius 3 is 2.71 bits per heavy atom. The van der Waals surface area contributed by atoms with Crippen LogP contribution in [0.4, 0.5) is 0 Å². The van der Waals surface area contributed by atoms with Crippen molar-refractivity contribution in [3.63, 3.8) is 0 Å². The molecule has 0 saturated heterocycles. The third-order valence-corrected chi connectivity index (χ3v) is 2.51. The summed E-state index contributed by atoms with van der Waals surface area (Å²) in [5.41, 5.74) is 5.73. The van der Waals surface area contributed by atoms with Gasteiger partial charge in [0.15, 0.2) is 0 Å². The molecule has 5 nitrogen and oxygen atoms in total. The fourth-order valence-corrected chi connectivity index (χ4v) is 1.32. The van der Waals surface area contributed by atoms with Crippen molar-refractivity contribution in [2.45, 2.75) is 19.3 Å². The van der Waals surface area contributed by atoms with E-state index in [0.29, 0.717) is 16.3 Å². The normalized spacial score (nSPS) is 13.9. The molecule has 0 saturated carbocycles. The van der Waals surface area contributed by atoms with Gasteiger partial charge in [0.2, 0.25) is 5.90 Å². The molecule has 6 heteroatoms. The maximum absolute atomic E-state index is 9.07. The molecule has 2 unspecified atom stereocenters. The van der Waals surface area contributed by atoms with Crippen LogP contribution in [0.3, 0.4) is 0 Å². The zero-order valence-electron chi connectivity index (χ0n) is 9.61. The smallest absolute Gasteiger partial charge is 0.213 e. The fourth-order valence-electron chi connectivity index (χ4n) is 1.12. The summed E-state index contributed by atoms with van der Waals surface area (Å²) in [4.78, 5) is 0. The number of benzene rings is 1. The lowest BCUT2D eigenvalue weighted by Crippen LogP contribution is -2.35. The molecule has 0 radical (unpaired) electrons. The van der Waals surface area contributed by atoms with Gasteiger partial charge in [0.05, 0.1) is 12.1 Å². The van der Waals surface area contributed by atoms with E-state index in [1.54, 1.807) is 25.1 Å². The predicted octanol–water partition coefficient (Wildman–Crippen LogP) is 1.36. The number of halogens is 1. The van der Waals surface area contributed by atoms with Gasteiger partial charge in [0.1, 0.15) is 18.1 Å². The summed E-state index contributed by atoms with van der Waals surface area (Å²) >= 11 is 5.86. The van der Waals surface area contributed by atoms with E-state index in [1.807, 2.05) is 0 Å². The van der Waals surface area contributed by atoms with E-state index >= 15 is 0 Å². The second-order valence-corrected chi connectivity index (χ2v) is 3.90. The lowest BCUT2D eigenvalue weighted by Gasteiger charge is -2.17. The van der Waals surface area contributed by atoms with Crippen molar-refractivity contribution in [2.24, 2.45) is 5.73 Å². The average Bonchev–Trinajstić information content (AvgIpc) is 2.29. The van der Waals surface area contributed by atoms with Crippen molar-refractivity contribution in [1.29, 1.82) is 5.41 Å². The Morgan fingerprint density at radius 2 is 2.18 bits per heavy atom. The van der Waals surface area contributed by atoms with Gasteiger partial charge >= 0.3 is 0 Å². The molecule has 2 atom stereocenters. The first-order chi connectivity index (χ1) is 7.95. The topological polar surface area (TPSA) is 88.6 Å². The van der Waals surface area contributed by atoms with Crippen LogP contribution in [0.15, 0.2) is 18.2 Å². The maximum Gasteiger partial charge on any atom is 0.213 e. The first-order valence-corrected chi connectivity index (χ1v) is 5.36. The Kier molecular flexibility index (Phi) is 4.74. The van der Waals surface area contributed by atoms with Crippen LogP contribution in [-0.2, 0) is 4.74 Å².